The van der Waals surface area contributed by atoms with Gasteiger partial charge in [0.25, 0.3) is 0 Å². The summed E-state index contributed by atoms with van der Waals surface area (Å²) in [5.74, 6) is 0.774. The molecule has 0 saturated heterocycles. The van der Waals surface area contributed by atoms with Crippen molar-refractivity contribution < 1.29 is 4.39 Å². The molecule has 106 valence electrons. The maximum absolute atomic E-state index is 13.9. The number of aromatic nitrogens is 2. The largest absolute Gasteiger partial charge is 0.343 e. The number of nitrogens with one attached hydrogen (secondary N) is 1. The fraction of sp³-hybridized carbons (Fsp3) is 0.176. The zero-order valence-corrected chi connectivity index (χ0v) is 12.7. The summed E-state index contributed by atoms with van der Waals surface area (Å²) in [5.41, 5.74) is 1.89. The van der Waals surface area contributed by atoms with Gasteiger partial charge in [-0.05, 0) is 29.5 Å². The highest BCUT2D eigenvalue weighted by atomic mass is 32.1. The summed E-state index contributed by atoms with van der Waals surface area (Å²) < 4.78 is 14.5. The minimum atomic E-state index is -0.229. The fourth-order valence-corrected chi connectivity index (χ4v) is 2.60. The van der Waals surface area contributed by atoms with Crippen molar-refractivity contribution in [3.63, 3.8) is 0 Å². The van der Waals surface area contributed by atoms with E-state index in [0.29, 0.717) is 21.8 Å². The highest BCUT2D eigenvalue weighted by Crippen LogP contribution is 2.28. The third-order valence-electron chi connectivity index (χ3n) is 3.51. The summed E-state index contributed by atoms with van der Waals surface area (Å²) in [6.07, 6.45) is 0. The minimum Gasteiger partial charge on any atom is -0.343 e. The Kier molecular flexibility index (Phi) is 3.55. The van der Waals surface area contributed by atoms with Crippen LogP contribution in [0.3, 0.4) is 0 Å². The minimum absolute atomic E-state index is 0.229. The summed E-state index contributed by atoms with van der Waals surface area (Å²) >= 11 is 5.25. The summed E-state index contributed by atoms with van der Waals surface area (Å²) in [5, 5.41) is 1.42. The molecule has 0 fully saturated rings. The molecule has 0 spiro atoms. The normalized spacial score (nSPS) is 11.2. The van der Waals surface area contributed by atoms with E-state index in [9.17, 15) is 4.39 Å². The number of aromatic amines is 1. The second kappa shape index (κ2) is 5.37. The summed E-state index contributed by atoms with van der Waals surface area (Å²) in [6.45, 7) is 4.18. The maximum atomic E-state index is 13.9. The molecule has 3 aromatic rings. The van der Waals surface area contributed by atoms with E-state index >= 15 is 0 Å². The van der Waals surface area contributed by atoms with E-state index in [1.54, 1.807) is 12.1 Å². The number of rotatable bonds is 2. The molecule has 0 aliphatic heterocycles. The third-order valence-corrected chi connectivity index (χ3v) is 3.72. The number of hydrogen-bond acceptors (Lipinski definition) is 2. The zero-order chi connectivity index (χ0) is 15.0. The van der Waals surface area contributed by atoms with Gasteiger partial charge in [-0.15, -0.1) is 0 Å². The van der Waals surface area contributed by atoms with Gasteiger partial charge < -0.3 is 4.98 Å². The molecule has 0 atom stereocenters. The molecule has 1 aromatic heterocycles. The monoisotopic (exact) mass is 298 g/mol. The molecular formula is C17H15FN2S. The van der Waals surface area contributed by atoms with Crippen LogP contribution in [-0.4, -0.2) is 9.97 Å². The lowest BCUT2D eigenvalue weighted by atomic mass is 10.0. The number of hydrogen-bond donors (Lipinski definition) is 1. The van der Waals surface area contributed by atoms with Crippen LogP contribution in [0.25, 0.3) is 22.2 Å². The van der Waals surface area contributed by atoms with Crippen LogP contribution in [0.2, 0.25) is 0 Å². The Labute approximate surface area is 127 Å². The Morgan fingerprint density at radius 3 is 2.52 bits per heavy atom. The van der Waals surface area contributed by atoms with Gasteiger partial charge in [-0.1, -0.05) is 50.3 Å². The van der Waals surface area contributed by atoms with E-state index < -0.39 is 0 Å². The molecule has 1 heterocycles. The van der Waals surface area contributed by atoms with Gasteiger partial charge in [-0.25, -0.2) is 9.37 Å². The first-order chi connectivity index (χ1) is 10.1. The quantitative estimate of drug-likeness (QED) is 0.657. The Hall–Kier alpha value is -2.07. The van der Waals surface area contributed by atoms with Gasteiger partial charge in [0.1, 0.15) is 16.3 Å². The predicted molar refractivity (Wildman–Crippen MR) is 86.4 cm³/mol. The number of benzene rings is 2. The van der Waals surface area contributed by atoms with Gasteiger partial charge in [0, 0.05) is 16.6 Å². The number of halogens is 1. The Morgan fingerprint density at radius 2 is 1.81 bits per heavy atom. The van der Waals surface area contributed by atoms with Crippen molar-refractivity contribution in [2.75, 3.05) is 0 Å². The summed E-state index contributed by atoms with van der Waals surface area (Å²) in [7, 11) is 0. The van der Waals surface area contributed by atoms with E-state index in [-0.39, 0.29) is 5.82 Å². The SMILES string of the molecule is CC(C)c1cc(=S)nc(-c2ccc(F)c3ccccc23)[nH]1. The van der Waals surface area contributed by atoms with Crippen LogP contribution in [0.1, 0.15) is 25.5 Å². The first-order valence-corrected chi connectivity index (χ1v) is 7.26. The zero-order valence-electron chi connectivity index (χ0n) is 11.9. The van der Waals surface area contributed by atoms with E-state index in [0.717, 1.165) is 16.6 Å². The predicted octanol–water partition coefficient (Wildman–Crippen LogP) is 5.22. The molecule has 0 unspecified atom stereocenters. The standard InChI is InChI=1S/C17H15FN2S/c1-10(2)15-9-16(21)20-17(19-15)13-7-8-14(18)12-6-4-3-5-11(12)13/h3-10H,1-2H3,(H,19,20,21). The van der Waals surface area contributed by atoms with Gasteiger partial charge in [-0.2, -0.15) is 0 Å². The third kappa shape index (κ3) is 2.59. The van der Waals surface area contributed by atoms with E-state index in [2.05, 4.69) is 23.8 Å². The van der Waals surface area contributed by atoms with Crippen LogP contribution in [-0.2, 0) is 0 Å². The average molecular weight is 298 g/mol. The van der Waals surface area contributed by atoms with Crippen LogP contribution in [0.15, 0.2) is 42.5 Å². The molecule has 0 amide bonds. The molecule has 0 saturated carbocycles. The van der Waals surface area contributed by atoms with Crippen molar-refractivity contribution in [1.29, 1.82) is 0 Å². The van der Waals surface area contributed by atoms with Gasteiger partial charge in [0.15, 0.2) is 0 Å². The molecule has 3 rings (SSSR count). The highest BCUT2D eigenvalue weighted by Gasteiger charge is 2.10. The van der Waals surface area contributed by atoms with Crippen molar-refractivity contribution in [2.24, 2.45) is 0 Å². The molecule has 21 heavy (non-hydrogen) atoms. The lowest BCUT2D eigenvalue weighted by Gasteiger charge is -2.11. The van der Waals surface area contributed by atoms with Crippen LogP contribution < -0.4 is 0 Å². The summed E-state index contributed by atoms with van der Waals surface area (Å²) in [4.78, 5) is 7.72. The lowest BCUT2D eigenvalue weighted by molar-refractivity contribution is 0.640. The van der Waals surface area contributed by atoms with E-state index in [1.165, 1.54) is 6.07 Å². The molecular weight excluding hydrogens is 283 g/mol. The Bertz CT molecular complexity index is 868. The molecule has 1 N–H and O–H groups in total. The van der Waals surface area contributed by atoms with Crippen LogP contribution in [0, 0.1) is 10.5 Å². The molecule has 0 aliphatic carbocycles. The molecule has 0 bridgehead atoms. The van der Waals surface area contributed by atoms with E-state index in [4.69, 9.17) is 12.2 Å². The van der Waals surface area contributed by atoms with Crippen LogP contribution >= 0.6 is 12.2 Å². The smallest absolute Gasteiger partial charge is 0.139 e. The van der Waals surface area contributed by atoms with Gasteiger partial charge in [-0.3, -0.25) is 0 Å². The molecule has 0 aliphatic rings. The molecule has 4 heteroatoms. The van der Waals surface area contributed by atoms with Crippen molar-refractivity contribution in [1.82, 2.24) is 9.97 Å². The van der Waals surface area contributed by atoms with E-state index in [1.807, 2.05) is 24.3 Å². The van der Waals surface area contributed by atoms with Crippen LogP contribution in [0.5, 0.6) is 0 Å². The topological polar surface area (TPSA) is 28.7 Å². The number of H-pyrrole nitrogens is 1. The maximum Gasteiger partial charge on any atom is 0.139 e. The van der Waals surface area contributed by atoms with Crippen molar-refractivity contribution in [3.05, 3.63) is 58.6 Å². The fourth-order valence-electron chi connectivity index (χ4n) is 2.38. The highest BCUT2D eigenvalue weighted by molar-refractivity contribution is 7.71. The van der Waals surface area contributed by atoms with Crippen molar-refractivity contribution in [2.45, 2.75) is 19.8 Å². The Morgan fingerprint density at radius 1 is 1.10 bits per heavy atom. The van der Waals surface area contributed by atoms with Crippen LogP contribution in [0.4, 0.5) is 4.39 Å². The number of fused-ring (bicyclic) bond motifs is 1. The van der Waals surface area contributed by atoms with Crippen molar-refractivity contribution in [3.8, 4) is 11.4 Å². The molecule has 2 nitrogen and oxygen atoms in total. The lowest BCUT2D eigenvalue weighted by Crippen LogP contribution is -1.98. The van der Waals surface area contributed by atoms with Gasteiger partial charge in [0.05, 0.1) is 0 Å². The molecule has 2 aromatic carbocycles. The van der Waals surface area contributed by atoms with Gasteiger partial charge in [0.2, 0.25) is 0 Å². The Balaban J connectivity index is 2.31. The first kappa shape index (κ1) is 13.9. The molecule has 0 radical (unpaired) electrons. The average Bonchev–Trinajstić information content (AvgIpc) is 2.47. The number of nitrogens with zero attached hydrogens (tertiary/aromatic N) is 1. The van der Waals surface area contributed by atoms with Crippen molar-refractivity contribution >= 4 is 23.0 Å². The second-order valence-corrected chi connectivity index (χ2v) is 5.74. The first-order valence-electron chi connectivity index (χ1n) is 6.85. The summed E-state index contributed by atoms with van der Waals surface area (Å²) in [6, 6.07) is 12.5. The van der Waals surface area contributed by atoms with Gasteiger partial charge >= 0.3 is 0 Å². The second-order valence-electron chi connectivity index (χ2n) is 5.32.